The van der Waals surface area contributed by atoms with Gasteiger partial charge in [-0.25, -0.2) is 14.8 Å². The molecular weight excluding hydrogens is 288 g/mol. The molecule has 1 atom stereocenters. The second kappa shape index (κ2) is 5.80. The highest BCUT2D eigenvalue weighted by molar-refractivity contribution is 7.16. The van der Waals surface area contributed by atoms with Crippen LogP contribution in [0.15, 0.2) is 6.33 Å². The number of thiazole rings is 1. The number of urea groups is 1. The van der Waals surface area contributed by atoms with Crippen molar-refractivity contribution >= 4 is 22.4 Å². The van der Waals surface area contributed by atoms with Crippen LogP contribution >= 0.6 is 11.3 Å². The molecule has 7 nitrogen and oxygen atoms in total. The van der Waals surface area contributed by atoms with Crippen LogP contribution in [-0.2, 0) is 0 Å². The molecule has 2 amide bonds. The number of nitrogens with zero attached hydrogens (tertiary/aromatic N) is 4. The van der Waals surface area contributed by atoms with Gasteiger partial charge in [0, 0.05) is 6.54 Å². The average Bonchev–Trinajstić information content (AvgIpc) is 3.09. The Hall–Kier alpha value is -1.96. The summed E-state index contributed by atoms with van der Waals surface area (Å²) < 4.78 is 0. The number of piperidine rings is 1. The Morgan fingerprint density at radius 3 is 3.00 bits per heavy atom. The first-order valence-corrected chi connectivity index (χ1v) is 7.83. The minimum absolute atomic E-state index is 0.0319. The third kappa shape index (κ3) is 2.90. The van der Waals surface area contributed by atoms with Gasteiger partial charge < -0.3 is 4.90 Å². The van der Waals surface area contributed by atoms with Crippen LogP contribution in [0.5, 0.6) is 0 Å². The highest BCUT2D eigenvalue weighted by Gasteiger charge is 2.30. The fourth-order valence-electron chi connectivity index (χ4n) is 2.65. The second-order valence-corrected chi connectivity index (χ2v) is 6.36. The third-order valence-electron chi connectivity index (χ3n) is 3.64. The van der Waals surface area contributed by atoms with Crippen molar-refractivity contribution in [3.63, 3.8) is 0 Å². The highest BCUT2D eigenvalue weighted by Crippen LogP contribution is 2.30. The molecule has 1 unspecified atom stereocenters. The number of carbonyl (C=O) groups is 1. The number of hydrogen-bond donors (Lipinski definition) is 2. The minimum Gasteiger partial charge on any atom is -0.314 e. The van der Waals surface area contributed by atoms with Crippen LogP contribution in [-0.4, -0.2) is 37.6 Å². The summed E-state index contributed by atoms with van der Waals surface area (Å²) in [5.74, 6) is 0.752. The smallest absolute Gasteiger partial charge is 0.314 e. The van der Waals surface area contributed by atoms with E-state index in [1.54, 1.807) is 0 Å². The summed E-state index contributed by atoms with van der Waals surface area (Å²) in [6.07, 6.45) is 4.49. The largest absolute Gasteiger partial charge is 0.323 e. The lowest BCUT2D eigenvalue weighted by Gasteiger charge is -2.34. The van der Waals surface area contributed by atoms with Crippen molar-refractivity contribution in [1.82, 2.24) is 25.1 Å². The number of amides is 2. The zero-order chi connectivity index (χ0) is 14.8. The summed E-state index contributed by atoms with van der Waals surface area (Å²) >= 11 is 1.50. The molecule has 3 heterocycles. The fourth-order valence-corrected chi connectivity index (χ4v) is 3.46. The average molecular weight is 306 g/mol. The number of rotatable bonds is 2. The van der Waals surface area contributed by atoms with Gasteiger partial charge in [-0.3, -0.25) is 10.4 Å². The normalized spacial score (nSPS) is 18.8. The van der Waals surface area contributed by atoms with E-state index in [1.165, 1.54) is 17.7 Å². The molecule has 2 aromatic rings. The van der Waals surface area contributed by atoms with E-state index in [4.69, 9.17) is 0 Å². The first-order valence-electron chi connectivity index (χ1n) is 7.02. The summed E-state index contributed by atoms with van der Waals surface area (Å²) in [5, 5.41) is 11.5. The highest BCUT2D eigenvalue weighted by atomic mass is 32.1. The van der Waals surface area contributed by atoms with E-state index in [-0.39, 0.29) is 12.1 Å². The molecule has 0 aromatic carbocycles. The van der Waals surface area contributed by atoms with E-state index in [0.29, 0.717) is 0 Å². The van der Waals surface area contributed by atoms with Crippen LogP contribution in [0.4, 0.5) is 9.80 Å². The molecule has 1 aliphatic rings. The molecule has 2 N–H and O–H groups in total. The van der Waals surface area contributed by atoms with Crippen molar-refractivity contribution in [3.8, 4) is 0 Å². The standard InChI is InChI=1S/C13H18N6OS/c1-8-12(21-9(2)16-8)17-13(20)19-6-4-3-5-10(19)11-14-7-15-18-11/h7,10H,3-6H2,1-2H3,(H,17,20)(H,14,15,18). The molecule has 8 heteroatoms. The zero-order valence-electron chi connectivity index (χ0n) is 12.1. The Balaban J connectivity index is 1.77. The number of H-pyrrole nitrogens is 1. The topological polar surface area (TPSA) is 86.8 Å². The van der Waals surface area contributed by atoms with Crippen LogP contribution in [0, 0.1) is 13.8 Å². The maximum absolute atomic E-state index is 12.6. The van der Waals surface area contributed by atoms with Gasteiger partial charge in [0.05, 0.1) is 16.7 Å². The summed E-state index contributed by atoms with van der Waals surface area (Å²) in [4.78, 5) is 22.9. The molecule has 1 saturated heterocycles. The zero-order valence-corrected chi connectivity index (χ0v) is 12.9. The Labute approximate surface area is 126 Å². The summed E-state index contributed by atoms with van der Waals surface area (Å²) in [6, 6.07) is -0.126. The van der Waals surface area contributed by atoms with Crippen LogP contribution in [0.1, 0.15) is 41.8 Å². The number of aromatic nitrogens is 4. The van der Waals surface area contributed by atoms with E-state index < -0.39 is 0 Å². The second-order valence-electron chi connectivity index (χ2n) is 5.15. The quantitative estimate of drug-likeness (QED) is 0.893. The number of nitrogens with one attached hydrogen (secondary N) is 2. The van der Waals surface area contributed by atoms with Crippen molar-refractivity contribution in [1.29, 1.82) is 0 Å². The monoisotopic (exact) mass is 306 g/mol. The Morgan fingerprint density at radius 2 is 2.33 bits per heavy atom. The van der Waals surface area contributed by atoms with Crippen molar-refractivity contribution in [2.75, 3.05) is 11.9 Å². The predicted molar refractivity (Wildman–Crippen MR) is 80.3 cm³/mol. The first kappa shape index (κ1) is 14.0. The Morgan fingerprint density at radius 1 is 1.48 bits per heavy atom. The molecule has 112 valence electrons. The minimum atomic E-state index is -0.0946. The summed E-state index contributed by atoms with van der Waals surface area (Å²) in [6.45, 7) is 4.57. The van der Waals surface area contributed by atoms with Gasteiger partial charge >= 0.3 is 6.03 Å². The number of likely N-dealkylation sites (tertiary alicyclic amines) is 1. The maximum atomic E-state index is 12.6. The Bertz CT molecular complexity index is 623. The fraction of sp³-hybridized carbons (Fsp3) is 0.538. The van der Waals surface area contributed by atoms with Crippen LogP contribution in [0.3, 0.4) is 0 Å². The third-order valence-corrected chi connectivity index (χ3v) is 4.63. The van der Waals surface area contributed by atoms with Gasteiger partial charge in [0.1, 0.15) is 17.2 Å². The van der Waals surface area contributed by atoms with Crippen LogP contribution in [0.25, 0.3) is 0 Å². The van der Waals surface area contributed by atoms with Crippen LogP contribution in [0.2, 0.25) is 0 Å². The van der Waals surface area contributed by atoms with E-state index >= 15 is 0 Å². The number of anilines is 1. The lowest BCUT2D eigenvalue weighted by molar-refractivity contribution is 0.159. The van der Waals surface area contributed by atoms with Gasteiger partial charge in [0.15, 0.2) is 0 Å². The molecule has 0 saturated carbocycles. The van der Waals surface area contributed by atoms with E-state index in [9.17, 15) is 4.79 Å². The van der Waals surface area contributed by atoms with Gasteiger partial charge in [-0.2, -0.15) is 5.10 Å². The van der Waals surface area contributed by atoms with E-state index in [0.717, 1.165) is 47.3 Å². The van der Waals surface area contributed by atoms with E-state index in [1.807, 2.05) is 18.7 Å². The molecule has 0 bridgehead atoms. The Kier molecular flexibility index (Phi) is 3.87. The molecule has 0 spiro atoms. The molecule has 2 aromatic heterocycles. The van der Waals surface area contributed by atoms with E-state index in [2.05, 4.69) is 25.5 Å². The SMILES string of the molecule is Cc1nc(C)c(NC(=O)N2CCCCC2c2ncn[nH]2)s1. The predicted octanol–water partition coefficient (Wildman–Crippen LogP) is 2.64. The van der Waals surface area contributed by atoms with Gasteiger partial charge in [-0.15, -0.1) is 11.3 Å². The van der Waals surface area contributed by atoms with Gasteiger partial charge in [0.2, 0.25) is 0 Å². The molecule has 1 aliphatic heterocycles. The van der Waals surface area contributed by atoms with Crippen molar-refractivity contribution in [2.24, 2.45) is 0 Å². The molecule has 3 rings (SSSR count). The molecule has 21 heavy (non-hydrogen) atoms. The summed E-state index contributed by atoms with van der Waals surface area (Å²) in [7, 11) is 0. The van der Waals surface area contributed by atoms with Crippen molar-refractivity contribution < 1.29 is 4.79 Å². The van der Waals surface area contributed by atoms with Crippen molar-refractivity contribution in [3.05, 3.63) is 22.9 Å². The van der Waals surface area contributed by atoms with Gasteiger partial charge in [0.25, 0.3) is 0 Å². The number of hydrogen-bond acceptors (Lipinski definition) is 5. The molecule has 1 fully saturated rings. The lowest BCUT2D eigenvalue weighted by atomic mass is 10.0. The molecular formula is C13H18N6OS. The van der Waals surface area contributed by atoms with Crippen LogP contribution < -0.4 is 5.32 Å². The van der Waals surface area contributed by atoms with Gasteiger partial charge in [-0.1, -0.05) is 0 Å². The first-order chi connectivity index (χ1) is 10.1. The number of aryl methyl sites for hydroxylation is 2. The lowest BCUT2D eigenvalue weighted by Crippen LogP contribution is -2.41. The molecule has 0 aliphatic carbocycles. The number of aromatic amines is 1. The summed E-state index contributed by atoms with van der Waals surface area (Å²) in [5.41, 5.74) is 0.860. The number of carbonyl (C=O) groups excluding carboxylic acids is 1. The van der Waals surface area contributed by atoms with Crippen molar-refractivity contribution in [2.45, 2.75) is 39.2 Å². The maximum Gasteiger partial charge on any atom is 0.323 e. The van der Waals surface area contributed by atoms with Gasteiger partial charge in [-0.05, 0) is 33.1 Å². The molecule has 0 radical (unpaired) electrons.